The van der Waals surface area contributed by atoms with Crippen molar-refractivity contribution in [1.82, 2.24) is 5.48 Å². The molecule has 0 fully saturated rings. The van der Waals surface area contributed by atoms with Gasteiger partial charge in [-0.3, -0.25) is 15.1 Å². The highest BCUT2D eigenvalue weighted by Crippen LogP contribution is 1.78. The van der Waals surface area contributed by atoms with Crippen LogP contribution in [0.25, 0.3) is 0 Å². The molecule has 1 heterocycles. The third kappa shape index (κ3) is 0.972. The normalized spacial score (nSPS) is 19.1. The van der Waals surface area contributed by atoms with Crippen molar-refractivity contribution >= 4 is 12.2 Å². The van der Waals surface area contributed by atoms with Crippen LogP contribution in [0.15, 0.2) is 4.99 Å². The highest BCUT2D eigenvalue weighted by Gasteiger charge is 1.99. The second kappa shape index (κ2) is 1.70. The van der Waals surface area contributed by atoms with Crippen molar-refractivity contribution in [2.45, 2.75) is 0 Å². The Bertz CT molecular complexity index is 110. The van der Waals surface area contributed by atoms with Crippen LogP contribution in [0.1, 0.15) is 0 Å². The molecule has 1 amide bonds. The van der Waals surface area contributed by atoms with E-state index in [-0.39, 0.29) is 12.5 Å². The Balaban J connectivity index is 2.51. The van der Waals surface area contributed by atoms with E-state index >= 15 is 0 Å². The summed E-state index contributed by atoms with van der Waals surface area (Å²) in [6.45, 7) is 0.0382. The molecule has 0 atom stereocenters. The molecule has 38 valence electrons. The third-order valence-corrected chi connectivity index (χ3v) is 0.540. The van der Waals surface area contributed by atoms with E-state index in [9.17, 15) is 4.79 Å². The molecule has 0 saturated heterocycles. The Morgan fingerprint density at radius 2 is 2.86 bits per heavy atom. The monoisotopic (exact) mass is 100 g/mol. The smallest absolute Gasteiger partial charge is 0.270 e. The maximum Gasteiger partial charge on any atom is 0.275 e. The van der Waals surface area contributed by atoms with Crippen LogP contribution in [-0.4, -0.2) is 18.9 Å². The van der Waals surface area contributed by atoms with Crippen molar-refractivity contribution in [2.75, 3.05) is 6.61 Å². The molecule has 0 aromatic carbocycles. The van der Waals surface area contributed by atoms with Gasteiger partial charge in [0.15, 0.2) is 6.61 Å². The summed E-state index contributed by atoms with van der Waals surface area (Å²) >= 11 is 0. The van der Waals surface area contributed by atoms with Crippen molar-refractivity contribution < 1.29 is 9.63 Å². The SMILES string of the molecule is O=C1CONC=N1. The van der Waals surface area contributed by atoms with E-state index in [1.807, 2.05) is 0 Å². The average molecular weight is 100 g/mol. The number of hydrogen-bond acceptors (Lipinski definition) is 3. The van der Waals surface area contributed by atoms with Crippen molar-refractivity contribution in [1.29, 1.82) is 0 Å². The van der Waals surface area contributed by atoms with Gasteiger partial charge in [-0.2, -0.15) is 4.99 Å². The predicted molar refractivity (Wildman–Crippen MR) is 22.6 cm³/mol. The number of hydroxylamine groups is 1. The van der Waals surface area contributed by atoms with E-state index in [0.717, 1.165) is 0 Å². The number of amides is 1. The van der Waals surface area contributed by atoms with Gasteiger partial charge in [-0.15, -0.1) is 0 Å². The van der Waals surface area contributed by atoms with Gasteiger partial charge in [0.05, 0.1) is 0 Å². The third-order valence-electron chi connectivity index (χ3n) is 0.540. The van der Waals surface area contributed by atoms with Crippen LogP contribution in [0.5, 0.6) is 0 Å². The van der Waals surface area contributed by atoms with E-state index in [2.05, 4.69) is 15.3 Å². The summed E-state index contributed by atoms with van der Waals surface area (Å²) < 4.78 is 0. The summed E-state index contributed by atoms with van der Waals surface area (Å²) in [6.07, 6.45) is 1.21. The Kier molecular flexibility index (Phi) is 1.04. The molecule has 0 bridgehead atoms. The predicted octanol–water partition coefficient (Wildman–Crippen LogP) is -0.924. The lowest BCUT2D eigenvalue weighted by molar-refractivity contribution is -0.124. The Labute approximate surface area is 40.1 Å². The largest absolute Gasteiger partial charge is 0.275 e. The minimum Gasteiger partial charge on any atom is -0.270 e. The number of hydrogen-bond donors (Lipinski definition) is 1. The second-order valence-electron chi connectivity index (χ2n) is 1.06. The molecular weight excluding hydrogens is 96.0 g/mol. The zero-order valence-corrected chi connectivity index (χ0v) is 3.55. The fraction of sp³-hybridized carbons (Fsp3) is 0.333. The second-order valence-corrected chi connectivity index (χ2v) is 1.06. The van der Waals surface area contributed by atoms with E-state index < -0.39 is 0 Å². The zero-order valence-electron chi connectivity index (χ0n) is 3.55. The Morgan fingerprint density at radius 3 is 3.14 bits per heavy atom. The van der Waals surface area contributed by atoms with Crippen molar-refractivity contribution in [2.24, 2.45) is 4.99 Å². The Morgan fingerprint density at radius 1 is 2.00 bits per heavy atom. The van der Waals surface area contributed by atoms with E-state index in [1.54, 1.807) is 0 Å². The first-order valence-electron chi connectivity index (χ1n) is 1.82. The highest BCUT2D eigenvalue weighted by molar-refractivity contribution is 5.86. The van der Waals surface area contributed by atoms with Gasteiger partial charge in [0.2, 0.25) is 0 Å². The maximum absolute atomic E-state index is 10.1. The maximum atomic E-state index is 10.1. The molecule has 1 aliphatic rings. The summed E-state index contributed by atoms with van der Waals surface area (Å²) in [5.74, 6) is -0.251. The number of carbonyl (C=O) groups excluding carboxylic acids is 1. The van der Waals surface area contributed by atoms with Crippen LogP contribution < -0.4 is 5.48 Å². The molecule has 0 radical (unpaired) electrons. The summed E-state index contributed by atoms with van der Waals surface area (Å²) in [5, 5.41) is 0. The molecule has 0 spiro atoms. The number of rotatable bonds is 0. The van der Waals surface area contributed by atoms with Gasteiger partial charge in [0.1, 0.15) is 6.34 Å². The molecule has 0 aromatic heterocycles. The van der Waals surface area contributed by atoms with Crippen LogP contribution in [0, 0.1) is 0 Å². The fourth-order valence-corrected chi connectivity index (χ4v) is 0.276. The average Bonchev–Trinajstić information content (AvgIpc) is 1.69. The number of aliphatic imine (C=N–C) groups is 1. The lowest BCUT2D eigenvalue weighted by Gasteiger charge is -2.01. The first kappa shape index (κ1) is 4.26. The molecule has 0 aromatic rings. The topological polar surface area (TPSA) is 50.7 Å². The van der Waals surface area contributed by atoms with Crippen LogP contribution in [-0.2, 0) is 9.63 Å². The van der Waals surface area contributed by atoms with Crippen molar-refractivity contribution in [3.05, 3.63) is 0 Å². The molecule has 0 unspecified atom stereocenters. The molecule has 0 saturated carbocycles. The summed E-state index contributed by atoms with van der Waals surface area (Å²) in [5.41, 5.74) is 2.30. The van der Waals surface area contributed by atoms with E-state index in [0.29, 0.717) is 0 Å². The number of nitrogens with zero attached hydrogens (tertiary/aromatic N) is 1. The lowest BCUT2D eigenvalue weighted by atomic mass is 10.7. The first-order chi connectivity index (χ1) is 3.39. The summed E-state index contributed by atoms with van der Waals surface area (Å²) in [6, 6.07) is 0. The van der Waals surface area contributed by atoms with Crippen molar-refractivity contribution in [3.8, 4) is 0 Å². The molecular formula is C3H4N2O2. The number of carbonyl (C=O) groups is 1. The van der Waals surface area contributed by atoms with Gasteiger partial charge in [-0.25, -0.2) is 0 Å². The van der Waals surface area contributed by atoms with Gasteiger partial charge >= 0.3 is 0 Å². The van der Waals surface area contributed by atoms with Gasteiger partial charge < -0.3 is 0 Å². The van der Waals surface area contributed by atoms with E-state index in [4.69, 9.17) is 0 Å². The van der Waals surface area contributed by atoms with Gasteiger partial charge in [0, 0.05) is 0 Å². The molecule has 4 nitrogen and oxygen atoms in total. The van der Waals surface area contributed by atoms with Gasteiger partial charge in [0.25, 0.3) is 5.91 Å². The number of nitrogens with one attached hydrogen (secondary N) is 1. The van der Waals surface area contributed by atoms with Crippen LogP contribution >= 0.6 is 0 Å². The summed E-state index contributed by atoms with van der Waals surface area (Å²) in [7, 11) is 0. The van der Waals surface area contributed by atoms with Gasteiger partial charge in [-0.05, 0) is 0 Å². The molecule has 7 heavy (non-hydrogen) atoms. The Hall–Kier alpha value is -0.900. The van der Waals surface area contributed by atoms with Crippen LogP contribution in [0.4, 0.5) is 0 Å². The first-order valence-corrected chi connectivity index (χ1v) is 1.82. The molecule has 4 heteroatoms. The van der Waals surface area contributed by atoms with E-state index in [1.165, 1.54) is 6.34 Å². The highest BCUT2D eigenvalue weighted by atomic mass is 16.6. The lowest BCUT2D eigenvalue weighted by Crippen LogP contribution is -2.23. The quantitative estimate of drug-likeness (QED) is 0.428. The standard InChI is InChI=1S/C3H4N2O2/c6-3-1-7-5-2-4-3/h2H,1H2,(H,4,5,6). The van der Waals surface area contributed by atoms with Crippen LogP contribution in [0.3, 0.4) is 0 Å². The van der Waals surface area contributed by atoms with Gasteiger partial charge in [-0.1, -0.05) is 0 Å². The molecule has 0 aliphatic carbocycles. The molecule has 1 N–H and O–H groups in total. The minimum absolute atomic E-state index is 0.0382. The molecule has 1 aliphatic heterocycles. The van der Waals surface area contributed by atoms with Crippen LogP contribution in [0.2, 0.25) is 0 Å². The fourth-order valence-electron chi connectivity index (χ4n) is 0.276. The zero-order chi connectivity index (χ0) is 5.11. The summed E-state index contributed by atoms with van der Waals surface area (Å²) in [4.78, 5) is 17.9. The molecule has 1 rings (SSSR count). The van der Waals surface area contributed by atoms with Crippen molar-refractivity contribution in [3.63, 3.8) is 0 Å². The minimum atomic E-state index is -0.251.